The Balaban J connectivity index is 1.26. The summed E-state index contributed by atoms with van der Waals surface area (Å²) in [7, 11) is 0. The molecule has 0 spiro atoms. The first kappa shape index (κ1) is 21.6. The molecule has 1 aromatic rings. The van der Waals surface area contributed by atoms with E-state index in [0.717, 1.165) is 57.3 Å². The smallest absolute Gasteiger partial charge is 0.234 e. The van der Waals surface area contributed by atoms with E-state index in [1.165, 1.54) is 5.69 Å². The zero-order valence-electron chi connectivity index (χ0n) is 18.9. The van der Waals surface area contributed by atoms with Crippen LogP contribution in [0.1, 0.15) is 58.9 Å². The Hall–Kier alpha value is -1.66. The Morgan fingerprint density at radius 1 is 1.13 bits per heavy atom. The zero-order chi connectivity index (χ0) is 21.5. The number of rotatable bonds is 4. The van der Waals surface area contributed by atoms with Crippen molar-refractivity contribution < 1.29 is 9.18 Å². The first-order valence-corrected chi connectivity index (χ1v) is 11.5. The van der Waals surface area contributed by atoms with Gasteiger partial charge in [0.2, 0.25) is 5.91 Å². The highest BCUT2D eigenvalue weighted by Crippen LogP contribution is 2.33. The van der Waals surface area contributed by atoms with Crippen molar-refractivity contribution >= 4 is 11.6 Å². The predicted octanol–water partition coefficient (Wildman–Crippen LogP) is 3.08. The molecule has 166 valence electrons. The lowest BCUT2D eigenvalue weighted by molar-refractivity contribution is -0.123. The summed E-state index contributed by atoms with van der Waals surface area (Å²) in [4.78, 5) is 17.4. The van der Waals surface area contributed by atoms with Gasteiger partial charge in [-0.1, -0.05) is 0 Å². The summed E-state index contributed by atoms with van der Waals surface area (Å²) in [6, 6.07) is 5.89. The molecule has 0 radical (unpaired) electrons. The van der Waals surface area contributed by atoms with Gasteiger partial charge in [-0.15, -0.1) is 0 Å². The Morgan fingerprint density at radius 3 is 2.47 bits per heavy atom. The van der Waals surface area contributed by atoms with Gasteiger partial charge in [-0.05, 0) is 83.6 Å². The average molecular weight is 417 g/mol. The highest BCUT2D eigenvalue weighted by molar-refractivity contribution is 5.78. The van der Waals surface area contributed by atoms with Gasteiger partial charge in [-0.3, -0.25) is 9.69 Å². The van der Waals surface area contributed by atoms with Crippen LogP contribution in [0.4, 0.5) is 10.1 Å². The molecule has 0 aromatic heterocycles. The van der Waals surface area contributed by atoms with Crippen LogP contribution in [-0.2, 0) is 11.2 Å². The summed E-state index contributed by atoms with van der Waals surface area (Å²) >= 11 is 0. The van der Waals surface area contributed by atoms with E-state index >= 15 is 0 Å². The van der Waals surface area contributed by atoms with E-state index in [-0.39, 0.29) is 28.8 Å². The first-order chi connectivity index (χ1) is 14.1. The highest BCUT2D eigenvalue weighted by Gasteiger charge is 2.38. The molecule has 5 nitrogen and oxygen atoms in total. The van der Waals surface area contributed by atoms with Gasteiger partial charge < -0.3 is 15.5 Å². The number of hydrogen-bond acceptors (Lipinski definition) is 4. The zero-order valence-corrected chi connectivity index (χ0v) is 18.9. The van der Waals surface area contributed by atoms with Gasteiger partial charge in [-0.25, -0.2) is 4.39 Å². The number of halogens is 1. The fourth-order valence-corrected chi connectivity index (χ4v) is 6.07. The maximum absolute atomic E-state index is 13.5. The van der Waals surface area contributed by atoms with Crippen LogP contribution in [0.15, 0.2) is 18.2 Å². The van der Waals surface area contributed by atoms with Gasteiger partial charge in [-0.2, -0.15) is 0 Å². The molecule has 0 atom stereocenters. The van der Waals surface area contributed by atoms with Crippen LogP contribution in [0.2, 0.25) is 0 Å². The largest absolute Gasteiger partial charge is 0.368 e. The summed E-state index contributed by atoms with van der Waals surface area (Å²) in [6.07, 6.45) is 4.95. The van der Waals surface area contributed by atoms with Crippen LogP contribution < -0.4 is 15.5 Å². The summed E-state index contributed by atoms with van der Waals surface area (Å²) < 4.78 is 13.5. The van der Waals surface area contributed by atoms with Gasteiger partial charge in [0.25, 0.3) is 0 Å². The molecule has 3 aliphatic heterocycles. The number of hydrogen-bond donors (Lipinski definition) is 2. The van der Waals surface area contributed by atoms with Crippen molar-refractivity contribution in [1.29, 1.82) is 0 Å². The number of nitrogens with one attached hydrogen (secondary N) is 2. The molecule has 0 saturated carbocycles. The van der Waals surface area contributed by atoms with E-state index < -0.39 is 0 Å². The van der Waals surface area contributed by atoms with Gasteiger partial charge >= 0.3 is 0 Å². The molecule has 30 heavy (non-hydrogen) atoms. The van der Waals surface area contributed by atoms with Crippen LogP contribution in [0.5, 0.6) is 0 Å². The van der Waals surface area contributed by atoms with Crippen molar-refractivity contribution in [2.45, 2.75) is 83.0 Å². The van der Waals surface area contributed by atoms with Crippen molar-refractivity contribution in [3.8, 4) is 0 Å². The van der Waals surface area contributed by atoms with E-state index in [1.807, 2.05) is 6.07 Å². The van der Waals surface area contributed by atoms with Gasteiger partial charge in [0.05, 0.1) is 6.54 Å². The normalized spacial score (nSPS) is 24.6. The molecule has 2 fully saturated rings. The van der Waals surface area contributed by atoms with Gasteiger partial charge in [0.1, 0.15) is 5.82 Å². The van der Waals surface area contributed by atoms with E-state index in [9.17, 15) is 9.18 Å². The number of carbonyl (C=O) groups is 1. The molecule has 6 heteroatoms. The monoisotopic (exact) mass is 416 g/mol. The quantitative estimate of drug-likeness (QED) is 0.792. The van der Waals surface area contributed by atoms with Crippen LogP contribution in [0.3, 0.4) is 0 Å². The second-order valence-corrected chi connectivity index (χ2v) is 10.8. The Labute approximate surface area is 180 Å². The average Bonchev–Trinajstić information content (AvgIpc) is 3.02. The van der Waals surface area contributed by atoms with Crippen molar-refractivity contribution in [3.63, 3.8) is 0 Å². The number of nitrogens with zero attached hydrogens (tertiary/aromatic N) is 2. The number of amides is 1. The molecule has 4 rings (SSSR count). The standard InChI is InChI=1S/C24H37FN4O/c1-23(2)14-19(15-24(3,4)27-23)26-22(30)16-28-10-8-20(9-11-28)29-12-7-17-13-18(25)5-6-21(17)29/h5-6,13,19-20,27H,7-12,14-16H2,1-4H3,(H,26,30). The molecule has 3 heterocycles. The third-order valence-electron chi connectivity index (χ3n) is 6.89. The summed E-state index contributed by atoms with van der Waals surface area (Å²) in [5.74, 6) is 0.00546. The summed E-state index contributed by atoms with van der Waals surface area (Å²) in [5, 5.41) is 6.97. The Kier molecular flexibility index (Phi) is 5.84. The number of likely N-dealkylation sites (tertiary alicyclic amines) is 1. The van der Waals surface area contributed by atoms with E-state index in [2.05, 4.69) is 48.1 Å². The fraction of sp³-hybridized carbons (Fsp3) is 0.708. The molecule has 0 aliphatic carbocycles. The number of anilines is 1. The molecular weight excluding hydrogens is 379 g/mol. The number of piperidine rings is 2. The highest BCUT2D eigenvalue weighted by atomic mass is 19.1. The third-order valence-corrected chi connectivity index (χ3v) is 6.89. The molecule has 0 bridgehead atoms. The SMILES string of the molecule is CC1(C)CC(NC(=O)CN2CCC(N3CCc4cc(F)ccc43)CC2)CC(C)(C)N1. The van der Waals surface area contributed by atoms with Crippen LogP contribution in [0, 0.1) is 5.82 Å². The van der Waals surface area contributed by atoms with Crippen molar-refractivity contribution in [2.75, 3.05) is 31.1 Å². The molecule has 1 amide bonds. The molecule has 1 aromatic carbocycles. The minimum Gasteiger partial charge on any atom is -0.368 e. The maximum atomic E-state index is 13.5. The van der Waals surface area contributed by atoms with Crippen LogP contribution >= 0.6 is 0 Å². The number of fused-ring (bicyclic) bond motifs is 1. The molecule has 0 unspecified atom stereocenters. The van der Waals surface area contributed by atoms with Gasteiger partial charge in [0, 0.05) is 48.5 Å². The first-order valence-electron chi connectivity index (χ1n) is 11.5. The lowest BCUT2D eigenvalue weighted by Gasteiger charge is -2.46. The summed E-state index contributed by atoms with van der Waals surface area (Å²) in [6.45, 7) is 12.2. The number of benzene rings is 1. The Morgan fingerprint density at radius 2 is 1.80 bits per heavy atom. The topological polar surface area (TPSA) is 47.6 Å². The second-order valence-electron chi connectivity index (χ2n) is 10.8. The minimum atomic E-state index is -0.142. The molecule has 2 N–H and O–H groups in total. The van der Waals surface area contributed by atoms with Crippen LogP contribution in [0.25, 0.3) is 0 Å². The lowest BCUT2D eigenvalue weighted by atomic mass is 9.79. The van der Waals surface area contributed by atoms with Crippen molar-refractivity contribution in [1.82, 2.24) is 15.5 Å². The molecule has 2 saturated heterocycles. The minimum absolute atomic E-state index is 0.0347. The van der Waals surface area contributed by atoms with E-state index in [4.69, 9.17) is 0 Å². The predicted molar refractivity (Wildman–Crippen MR) is 119 cm³/mol. The van der Waals surface area contributed by atoms with E-state index in [0.29, 0.717) is 12.6 Å². The fourth-order valence-electron chi connectivity index (χ4n) is 6.07. The second kappa shape index (κ2) is 8.12. The van der Waals surface area contributed by atoms with E-state index in [1.54, 1.807) is 12.1 Å². The van der Waals surface area contributed by atoms with Gasteiger partial charge in [0.15, 0.2) is 0 Å². The van der Waals surface area contributed by atoms with Crippen molar-refractivity contribution in [3.05, 3.63) is 29.6 Å². The van der Waals surface area contributed by atoms with Crippen LogP contribution in [-0.4, -0.2) is 60.1 Å². The third kappa shape index (κ3) is 4.97. The molecular formula is C24H37FN4O. The maximum Gasteiger partial charge on any atom is 0.234 e. The number of carbonyl (C=O) groups excluding carboxylic acids is 1. The van der Waals surface area contributed by atoms with Crippen molar-refractivity contribution in [2.24, 2.45) is 0 Å². The summed E-state index contributed by atoms with van der Waals surface area (Å²) in [5.41, 5.74) is 2.40. The Bertz CT molecular complexity index is 769. The molecule has 3 aliphatic rings. The lowest BCUT2D eigenvalue weighted by Crippen LogP contribution is -2.62.